The van der Waals surface area contributed by atoms with Crippen LogP contribution in [0.15, 0.2) is 12.8 Å². The second-order valence-electron chi connectivity index (χ2n) is 2.22. The number of hydrogen-bond acceptors (Lipinski definition) is 4. The highest BCUT2D eigenvalue weighted by Crippen LogP contribution is 1.88. The van der Waals surface area contributed by atoms with Gasteiger partial charge in [-0.2, -0.15) is 0 Å². The molecule has 0 aliphatic rings. The van der Waals surface area contributed by atoms with Gasteiger partial charge in [-0.1, -0.05) is 6.58 Å². The van der Waals surface area contributed by atoms with Crippen LogP contribution in [0.1, 0.15) is 13.3 Å². The first-order chi connectivity index (χ1) is 6.31. The monoisotopic (exact) mass is 188 g/mol. The minimum Gasteiger partial charge on any atom is -0.435 e. The minimum atomic E-state index is -0.327. The number of ether oxygens (including phenoxy) is 3. The van der Waals surface area contributed by atoms with E-state index < -0.39 is 0 Å². The lowest BCUT2D eigenvalue weighted by Gasteiger charge is -2.02. The van der Waals surface area contributed by atoms with Gasteiger partial charge in [0, 0.05) is 6.61 Å². The van der Waals surface area contributed by atoms with Gasteiger partial charge in [0.05, 0.1) is 32.5 Å². The van der Waals surface area contributed by atoms with Gasteiger partial charge in [0.25, 0.3) is 0 Å². The van der Waals surface area contributed by atoms with Gasteiger partial charge in [0.2, 0.25) is 0 Å². The van der Waals surface area contributed by atoms with Crippen LogP contribution in [0.3, 0.4) is 0 Å². The first-order valence-electron chi connectivity index (χ1n) is 4.27. The summed E-state index contributed by atoms with van der Waals surface area (Å²) in [4.78, 5) is 10.7. The minimum absolute atomic E-state index is 0.248. The molecule has 0 heterocycles. The van der Waals surface area contributed by atoms with Crippen molar-refractivity contribution in [3.63, 3.8) is 0 Å². The smallest absolute Gasteiger partial charge is 0.312 e. The molecule has 0 atom stereocenters. The topological polar surface area (TPSA) is 44.8 Å². The Labute approximate surface area is 78.5 Å². The molecule has 0 bridgehead atoms. The highest BCUT2D eigenvalue weighted by molar-refractivity contribution is 5.69. The van der Waals surface area contributed by atoms with Crippen molar-refractivity contribution < 1.29 is 19.0 Å². The van der Waals surface area contributed by atoms with Crippen molar-refractivity contribution in [3.05, 3.63) is 12.8 Å². The Morgan fingerprint density at radius 3 is 2.62 bits per heavy atom. The molecule has 4 heteroatoms. The van der Waals surface area contributed by atoms with Crippen molar-refractivity contribution in [1.82, 2.24) is 0 Å². The Morgan fingerprint density at radius 1 is 1.31 bits per heavy atom. The predicted molar refractivity (Wildman–Crippen MR) is 48.2 cm³/mol. The van der Waals surface area contributed by atoms with Crippen LogP contribution in [0.5, 0.6) is 0 Å². The van der Waals surface area contributed by atoms with Crippen LogP contribution in [0.2, 0.25) is 0 Å². The molecule has 0 aromatic heterocycles. The molecule has 0 spiro atoms. The van der Waals surface area contributed by atoms with E-state index in [9.17, 15) is 4.79 Å². The maximum atomic E-state index is 10.7. The number of esters is 1. The molecule has 0 N–H and O–H groups in total. The third kappa shape index (κ3) is 9.04. The molecule has 0 aliphatic carbocycles. The van der Waals surface area contributed by atoms with Gasteiger partial charge in [-0.3, -0.25) is 4.79 Å². The van der Waals surface area contributed by atoms with Crippen LogP contribution in [-0.4, -0.2) is 32.4 Å². The first kappa shape index (κ1) is 12.1. The molecule has 4 nitrogen and oxygen atoms in total. The molecule has 0 aromatic rings. The van der Waals surface area contributed by atoms with E-state index in [2.05, 4.69) is 11.3 Å². The Kier molecular flexibility index (Phi) is 8.60. The van der Waals surface area contributed by atoms with E-state index in [1.807, 2.05) is 6.92 Å². The van der Waals surface area contributed by atoms with E-state index in [4.69, 9.17) is 9.47 Å². The Morgan fingerprint density at radius 2 is 2.00 bits per heavy atom. The zero-order valence-corrected chi connectivity index (χ0v) is 7.95. The number of carbonyl (C=O) groups excluding carboxylic acids is 1. The van der Waals surface area contributed by atoms with Gasteiger partial charge >= 0.3 is 5.97 Å². The summed E-state index contributed by atoms with van der Waals surface area (Å²) in [5.74, 6) is -0.327. The molecule has 0 saturated heterocycles. The van der Waals surface area contributed by atoms with E-state index in [0.29, 0.717) is 26.4 Å². The Hall–Kier alpha value is -0.870. The normalized spacial score (nSPS) is 9.62. The molecule has 0 radical (unpaired) electrons. The highest BCUT2D eigenvalue weighted by Gasteiger charge is 1.99. The molecule has 0 aromatic carbocycles. The zero-order chi connectivity index (χ0) is 9.94. The second kappa shape index (κ2) is 9.22. The molecule has 0 saturated carbocycles. The summed E-state index contributed by atoms with van der Waals surface area (Å²) in [6.07, 6.45) is 1.36. The van der Waals surface area contributed by atoms with E-state index in [1.165, 1.54) is 0 Å². The largest absolute Gasteiger partial charge is 0.435 e. The van der Waals surface area contributed by atoms with Gasteiger partial charge in [-0.15, -0.1) is 0 Å². The van der Waals surface area contributed by atoms with Gasteiger partial charge < -0.3 is 14.2 Å². The Bertz CT molecular complexity index is 145. The standard InChI is InChI=1S/C9H16O4/c1-3-11-7-8-12-6-5-9(10)13-4-2/h4H,2-3,5-8H2,1H3. The maximum absolute atomic E-state index is 10.7. The zero-order valence-electron chi connectivity index (χ0n) is 7.95. The lowest BCUT2D eigenvalue weighted by molar-refractivity contribution is -0.139. The summed E-state index contributed by atoms with van der Waals surface area (Å²) in [6, 6.07) is 0. The lowest BCUT2D eigenvalue weighted by Crippen LogP contribution is -2.09. The number of carbonyl (C=O) groups is 1. The molecule has 0 amide bonds. The first-order valence-corrected chi connectivity index (χ1v) is 4.27. The summed E-state index contributed by atoms with van der Waals surface area (Å²) in [6.45, 7) is 7.30. The van der Waals surface area contributed by atoms with Crippen molar-refractivity contribution >= 4 is 5.97 Å². The van der Waals surface area contributed by atoms with Gasteiger partial charge in [0.1, 0.15) is 0 Å². The van der Waals surface area contributed by atoms with Crippen LogP contribution in [-0.2, 0) is 19.0 Å². The SMILES string of the molecule is C=COC(=O)CCOCCOCC. The van der Waals surface area contributed by atoms with Crippen molar-refractivity contribution in [1.29, 1.82) is 0 Å². The summed E-state index contributed by atoms with van der Waals surface area (Å²) < 4.78 is 14.6. The van der Waals surface area contributed by atoms with Crippen LogP contribution < -0.4 is 0 Å². The fourth-order valence-corrected chi connectivity index (χ4v) is 0.672. The van der Waals surface area contributed by atoms with Gasteiger partial charge in [-0.05, 0) is 6.92 Å². The third-order valence-electron chi connectivity index (χ3n) is 1.24. The molecule has 13 heavy (non-hydrogen) atoms. The van der Waals surface area contributed by atoms with Crippen molar-refractivity contribution in [2.75, 3.05) is 26.4 Å². The molecule has 0 aliphatic heterocycles. The van der Waals surface area contributed by atoms with E-state index >= 15 is 0 Å². The average Bonchev–Trinajstić information content (AvgIpc) is 2.11. The number of hydrogen-bond donors (Lipinski definition) is 0. The fraction of sp³-hybridized carbons (Fsp3) is 0.667. The maximum Gasteiger partial charge on any atom is 0.312 e. The van der Waals surface area contributed by atoms with Crippen molar-refractivity contribution in [2.24, 2.45) is 0 Å². The summed E-state index contributed by atoms with van der Waals surface area (Å²) >= 11 is 0. The summed E-state index contributed by atoms with van der Waals surface area (Å²) in [5.41, 5.74) is 0. The lowest BCUT2D eigenvalue weighted by atomic mass is 10.5. The molecule has 0 fully saturated rings. The quantitative estimate of drug-likeness (QED) is 0.325. The fourth-order valence-electron chi connectivity index (χ4n) is 0.672. The van der Waals surface area contributed by atoms with E-state index in [-0.39, 0.29) is 12.4 Å². The molecule has 76 valence electrons. The number of rotatable bonds is 8. The second-order valence-corrected chi connectivity index (χ2v) is 2.22. The van der Waals surface area contributed by atoms with Crippen LogP contribution >= 0.6 is 0 Å². The van der Waals surface area contributed by atoms with E-state index in [0.717, 1.165) is 6.26 Å². The molecule has 0 unspecified atom stereocenters. The third-order valence-corrected chi connectivity index (χ3v) is 1.24. The predicted octanol–water partition coefficient (Wildman–Crippen LogP) is 1.12. The molecular weight excluding hydrogens is 172 g/mol. The highest BCUT2D eigenvalue weighted by atomic mass is 16.5. The van der Waals surface area contributed by atoms with Crippen molar-refractivity contribution in [3.8, 4) is 0 Å². The summed E-state index contributed by atoms with van der Waals surface area (Å²) in [5, 5.41) is 0. The van der Waals surface area contributed by atoms with Gasteiger partial charge in [-0.25, -0.2) is 0 Å². The van der Waals surface area contributed by atoms with Crippen LogP contribution in [0.25, 0.3) is 0 Å². The summed E-state index contributed by atoms with van der Waals surface area (Å²) in [7, 11) is 0. The van der Waals surface area contributed by atoms with Crippen molar-refractivity contribution in [2.45, 2.75) is 13.3 Å². The Balaban J connectivity index is 3.06. The van der Waals surface area contributed by atoms with Gasteiger partial charge in [0.15, 0.2) is 0 Å². The van der Waals surface area contributed by atoms with Crippen LogP contribution in [0.4, 0.5) is 0 Å². The molecular formula is C9H16O4. The van der Waals surface area contributed by atoms with Crippen LogP contribution in [0, 0.1) is 0 Å². The molecule has 0 rings (SSSR count). The van der Waals surface area contributed by atoms with E-state index in [1.54, 1.807) is 0 Å². The average molecular weight is 188 g/mol.